The van der Waals surface area contributed by atoms with Gasteiger partial charge in [0.05, 0.1) is 17.3 Å². The zero-order valence-electron chi connectivity index (χ0n) is 12.4. The third-order valence-corrected chi connectivity index (χ3v) is 3.99. The maximum atomic E-state index is 6.43. The Morgan fingerprint density at radius 1 is 1.25 bits per heavy atom. The average molecular weight is 298 g/mol. The van der Waals surface area contributed by atoms with E-state index in [1.165, 1.54) is 11.3 Å². The van der Waals surface area contributed by atoms with E-state index >= 15 is 0 Å². The van der Waals surface area contributed by atoms with Gasteiger partial charge in [-0.05, 0) is 18.7 Å². The lowest BCUT2D eigenvalue weighted by Gasteiger charge is -2.35. The highest BCUT2D eigenvalue weighted by Gasteiger charge is 2.19. The van der Waals surface area contributed by atoms with E-state index in [4.69, 9.17) is 16.3 Å². The van der Waals surface area contributed by atoms with Gasteiger partial charge in [0.2, 0.25) is 0 Å². The summed E-state index contributed by atoms with van der Waals surface area (Å²) in [6.07, 6.45) is 0. The highest BCUT2D eigenvalue weighted by molar-refractivity contribution is 6.33. The maximum absolute atomic E-state index is 6.43. The number of nitrogens with zero attached hydrogens (tertiary/aromatic N) is 2. The molecule has 112 valence electrons. The van der Waals surface area contributed by atoms with E-state index in [0.29, 0.717) is 0 Å². The van der Waals surface area contributed by atoms with Gasteiger partial charge < -0.3 is 19.9 Å². The molecule has 0 bridgehead atoms. The minimum absolute atomic E-state index is 0.727. The normalized spacial score (nSPS) is 16.6. The fourth-order valence-corrected chi connectivity index (χ4v) is 2.80. The van der Waals surface area contributed by atoms with Gasteiger partial charge in [-0.1, -0.05) is 23.7 Å². The number of piperazine rings is 1. The van der Waals surface area contributed by atoms with Crippen LogP contribution in [0.5, 0.6) is 0 Å². The van der Waals surface area contributed by atoms with Crippen molar-refractivity contribution in [3.05, 3.63) is 28.8 Å². The third-order valence-electron chi connectivity index (χ3n) is 3.69. The van der Waals surface area contributed by atoms with E-state index in [9.17, 15) is 0 Å². The first-order chi connectivity index (χ1) is 9.72. The summed E-state index contributed by atoms with van der Waals surface area (Å²) in [5.74, 6) is 0. The van der Waals surface area contributed by atoms with Crippen LogP contribution in [0.25, 0.3) is 0 Å². The van der Waals surface area contributed by atoms with Gasteiger partial charge in [0.15, 0.2) is 0 Å². The van der Waals surface area contributed by atoms with E-state index in [1.54, 1.807) is 7.11 Å². The molecule has 0 spiro atoms. The number of rotatable bonds is 6. The number of hydrogen-bond acceptors (Lipinski definition) is 4. The van der Waals surface area contributed by atoms with Gasteiger partial charge in [-0.3, -0.25) is 0 Å². The lowest BCUT2D eigenvalue weighted by molar-refractivity contribution is 0.199. The molecule has 1 N–H and O–H groups in total. The van der Waals surface area contributed by atoms with Crippen LogP contribution in [0, 0.1) is 0 Å². The minimum atomic E-state index is 0.727. The van der Waals surface area contributed by atoms with Crippen molar-refractivity contribution in [1.82, 2.24) is 10.2 Å². The SMILES string of the molecule is COCCNCc1cccc(Cl)c1N1CCN(C)CC1. The number of methoxy groups -OCH3 is 1. The summed E-state index contributed by atoms with van der Waals surface area (Å²) in [6, 6.07) is 6.16. The topological polar surface area (TPSA) is 27.7 Å². The highest BCUT2D eigenvalue weighted by Crippen LogP contribution is 2.30. The predicted octanol–water partition coefficient (Wildman–Crippen LogP) is 1.83. The van der Waals surface area contributed by atoms with Gasteiger partial charge >= 0.3 is 0 Å². The summed E-state index contributed by atoms with van der Waals surface area (Å²) < 4.78 is 5.06. The van der Waals surface area contributed by atoms with E-state index in [1.807, 2.05) is 12.1 Å². The molecule has 4 nitrogen and oxygen atoms in total. The van der Waals surface area contributed by atoms with Crippen molar-refractivity contribution >= 4 is 17.3 Å². The van der Waals surface area contributed by atoms with Gasteiger partial charge in [0.25, 0.3) is 0 Å². The molecule has 1 heterocycles. The van der Waals surface area contributed by atoms with Gasteiger partial charge in [0.1, 0.15) is 0 Å². The second kappa shape index (κ2) is 7.84. The summed E-state index contributed by atoms with van der Waals surface area (Å²) in [5, 5.41) is 4.25. The number of para-hydroxylation sites is 1. The first kappa shape index (κ1) is 15.6. The molecule has 1 saturated heterocycles. The van der Waals surface area contributed by atoms with Gasteiger partial charge in [-0.15, -0.1) is 0 Å². The minimum Gasteiger partial charge on any atom is -0.383 e. The largest absolute Gasteiger partial charge is 0.383 e. The maximum Gasteiger partial charge on any atom is 0.0642 e. The fraction of sp³-hybridized carbons (Fsp3) is 0.600. The Morgan fingerprint density at radius 2 is 2.00 bits per heavy atom. The molecule has 0 aliphatic carbocycles. The number of likely N-dealkylation sites (N-methyl/N-ethyl adjacent to an activating group) is 1. The van der Waals surface area contributed by atoms with Crippen molar-refractivity contribution in [2.24, 2.45) is 0 Å². The van der Waals surface area contributed by atoms with Gasteiger partial charge in [-0.25, -0.2) is 0 Å². The first-order valence-corrected chi connectivity index (χ1v) is 7.50. The summed E-state index contributed by atoms with van der Waals surface area (Å²) in [4.78, 5) is 4.75. The molecule has 0 aromatic heterocycles. The van der Waals surface area contributed by atoms with Crippen LogP contribution in [0.1, 0.15) is 5.56 Å². The third kappa shape index (κ3) is 4.09. The van der Waals surface area contributed by atoms with Crippen LogP contribution < -0.4 is 10.2 Å². The van der Waals surface area contributed by atoms with Crippen LogP contribution in [0.4, 0.5) is 5.69 Å². The Kier molecular flexibility index (Phi) is 6.10. The monoisotopic (exact) mass is 297 g/mol. The Bertz CT molecular complexity index is 420. The molecule has 1 fully saturated rings. The number of halogens is 1. The Labute approximate surface area is 126 Å². The molecule has 1 aromatic carbocycles. The number of nitrogens with one attached hydrogen (secondary N) is 1. The van der Waals surface area contributed by atoms with Crippen molar-refractivity contribution < 1.29 is 4.74 Å². The number of hydrogen-bond donors (Lipinski definition) is 1. The average Bonchev–Trinajstić information content (AvgIpc) is 2.45. The second-order valence-corrected chi connectivity index (χ2v) is 5.61. The molecular weight excluding hydrogens is 274 g/mol. The standard InChI is InChI=1S/C15H24ClN3O/c1-18-7-9-19(10-8-18)15-13(4-3-5-14(15)16)12-17-6-11-20-2/h3-5,17H,6-12H2,1-2H3. The lowest BCUT2D eigenvalue weighted by atomic mass is 10.1. The number of benzene rings is 1. The Balaban J connectivity index is 2.06. The molecule has 1 aliphatic rings. The molecule has 0 amide bonds. The number of anilines is 1. The van der Waals surface area contributed by atoms with Crippen molar-refractivity contribution in [1.29, 1.82) is 0 Å². The molecule has 0 radical (unpaired) electrons. The van der Waals surface area contributed by atoms with Crippen LogP contribution in [0.2, 0.25) is 5.02 Å². The van der Waals surface area contributed by atoms with Gasteiger partial charge in [0, 0.05) is 46.4 Å². The highest BCUT2D eigenvalue weighted by atomic mass is 35.5. The molecular formula is C15H24ClN3O. The van der Waals surface area contributed by atoms with E-state index < -0.39 is 0 Å². The van der Waals surface area contributed by atoms with Crippen LogP contribution in [-0.4, -0.2) is 58.4 Å². The molecule has 1 aliphatic heterocycles. The molecule has 5 heteroatoms. The lowest BCUT2D eigenvalue weighted by Crippen LogP contribution is -2.45. The molecule has 20 heavy (non-hydrogen) atoms. The molecule has 0 unspecified atom stereocenters. The summed E-state index contributed by atoms with van der Waals surface area (Å²) >= 11 is 6.43. The molecule has 1 aromatic rings. The van der Waals surface area contributed by atoms with Crippen LogP contribution in [0.3, 0.4) is 0 Å². The van der Waals surface area contributed by atoms with E-state index in [-0.39, 0.29) is 0 Å². The van der Waals surface area contributed by atoms with Crippen molar-refractivity contribution in [3.8, 4) is 0 Å². The summed E-state index contributed by atoms with van der Waals surface area (Å²) in [6.45, 7) is 6.64. The fourth-order valence-electron chi connectivity index (χ4n) is 2.48. The second-order valence-electron chi connectivity index (χ2n) is 5.21. The predicted molar refractivity (Wildman–Crippen MR) is 84.7 cm³/mol. The van der Waals surface area contributed by atoms with Crippen molar-refractivity contribution in [2.45, 2.75) is 6.54 Å². The summed E-state index contributed by atoms with van der Waals surface area (Å²) in [7, 11) is 3.88. The van der Waals surface area contributed by atoms with Gasteiger partial charge in [-0.2, -0.15) is 0 Å². The zero-order chi connectivity index (χ0) is 14.4. The molecule has 0 atom stereocenters. The first-order valence-electron chi connectivity index (χ1n) is 7.13. The number of ether oxygens (including phenoxy) is 1. The quantitative estimate of drug-likeness (QED) is 0.811. The van der Waals surface area contributed by atoms with E-state index in [0.717, 1.165) is 50.9 Å². The van der Waals surface area contributed by atoms with Crippen LogP contribution in [0.15, 0.2) is 18.2 Å². The smallest absolute Gasteiger partial charge is 0.0642 e. The Morgan fingerprint density at radius 3 is 2.70 bits per heavy atom. The van der Waals surface area contributed by atoms with Crippen LogP contribution >= 0.6 is 11.6 Å². The van der Waals surface area contributed by atoms with Crippen molar-refractivity contribution in [2.75, 3.05) is 58.4 Å². The van der Waals surface area contributed by atoms with Crippen LogP contribution in [-0.2, 0) is 11.3 Å². The summed E-state index contributed by atoms with van der Waals surface area (Å²) in [5.41, 5.74) is 2.45. The molecule has 2 rings (SSSR count). The molecule has 0 saturated carbocycles. The zero-order valence-corrected chi connectivity index (χ0v) is 13.1. The van der Waals surface area contributed by atoms with E-state index in [2.05, 4.69) is 28.2 Å². The van der Waals surface area contributed by atoms with Crippen molar-refractivity contribution in [3.63, 3.8) is 0 Å². The Hall–Kier alpha value is -0.810.